The highest BCUT2D eigenvalue weighted by atomic mass is 16.5. The predicted octanol–water partition coefficient (Wildman–Crippen LogP) is 3.23. The van der Waals surface area contributed by atoms with Gasteiger partial charge in [0.05, 0.1) is 0 Å². The van der Waals surface area contributed by atoms with Crippen LogP contribution >= 0.6 is 0 Å². The summed E-state index contributed by atoms with van der Waals surface area (Å²) in [7, 11) is 1.70. The van der Waals surface area contributed by atoms with Crippen LogP contribution in [0.4, 0.5) is 17.5 Å². The van der Waals surface area contributed by atoms with Gasteiger partial charge in [0, 0.05) is 32.1 Å². The molecule has 21 heavy (non-hydrogen) atoms. The van der Waals surface area contributed by atoms with E-state index in [1.165, 1.54) is 5.56 Å². The van der Waals surface area contributed by atoms with Crippen molar-refractivity contribution in [2.24, 2.45) is 0 Å². The van der Waals surface area contributed by atoms with E-state index in [1.807, 2.05) is 18.2 Å². The molecule has 2 rings (SSSR count). The largest absolute Gasteiger partial charge is 0.385 e. The van der Waals surface area contributed by atoms with E-state index in [4.69, 9.17) is 4.74 Å². The molecule has 0 bridgehead atoms. The van der Waals surface area contributed by atoms with Crippen molar-refractivity contribution in [3.63, 3.8) is 0 Å². The van der Waals surface area contributed by atoms with E-state index in [-0.39, 0.29) is 0 Å². The SMILES string of the molecule is CCc1ccc(Nc2nccc(NCCCOC)n2)cc1. The molecule has 1 aromatic carbocycles. The van der Waals surface area contributed by atoms with Gasteiger partial charge in [-0.3, -0.25) is 0 Å². The van der Waals surface area contributed by atoms with Gasteiger partial charge in [0.15, 0.2) is 0 Å². The second-order valence-corrected chi connectivity index (χ2v) is 4.71. The number of nitrogens with one attached hydrogen (secondary N) is 2. The molecule has 0 aliphatic carbocycles. The second-order valence-electron chi connectivity index (χ2n) is 4.71. The van der Waals surface area contributed by atoms with Crippen molar-refractivity contribution < 1.29 is 4.74 Å². The second kappa shape index (κ2) is 8.21. The summed E-state index contributed by atoms with van der Waals surface area (Å²) in [6, 6.07) is 10.2. The topological polar surface area (TPSA) is 59.1 Å². The van der Waals surface area contributed by atoms with E-state index in [2.05, 4.69) is 39.7 Å². The molecule has 0 aliphatic rings. The van der Waals surface area contributed by atoms with Gasteiger partial charge in [-0.05, 0) is 36.6 Å². The smallest absolute Gasteiger partial charge is 0.229 e. The third kappa shape index (κ3) is 5.04. The lowest BCUT2D eigenvalue weighted by atomic mass is 10.1. The van der Waals surface area contributed by atoms with Gasteiger partial charge in [0.2, 0.25) is 5.95 Å². The Morgan fingerprint density at radius 1 is 1.14 bits per heavy atom. The predicted molar refractivity (Wildman–Crippen MR) is 86.1 cm³/mol. The number of hydrogen-bond donors (Lipinski definition) is 2. The van der Waals surface area contributed by atoms with Crippen LogP contribution in [0.3, 0.4) is 0 Å². The number of rotatable bonds is 8. The Morgan fingerprint density at radius 2 is 1.95 bits per heavy atom. The summed E-state index contributed by atoms with van der Waals surface area (Å²) in [4.78, 5) is 8.67. The Morgan fingerprint density at radius 3 is 2.67 bits per heavy atom. The summed E-state index contributed by atoms with van der Waals surface area (Å²) in [5.41, 5.74) is 2.30. The first-order chi connectivity index (χ1) is 10.3. The van der Waals surface area contributed by atoms with Crippen LogP contribution in [-0.2, 0) is 11.2 Å². The molecular weight excluding hydrogens is 264 g/mol. The molecule has 0 spiro atoms. The lowest BCUT2D eigenvalue weighted by molar-refractivity contribution is 0.198. The van der Waals surface area contributed by atoms with Gasteiger partial charge in [-0.25, -0.2) is 4.98 Å². The number of nitrogens with zero attached hydrogens (tertiary/aromatic N) is 2. The molecule has 5 nitrogen and oxygen atoms in total. The zero-order valence-electron chi connectivity index (χ0n) is 12.6. The number of benzene rings is 1. The fourth-order valence-corrected chi connectivity index (χ4v) is 1.90. The van der Waals surface area contributed by atoms with Crippen LogP contribution in [-0.4, -0.2) is 30.2 Å². The minimum Gasteiger partial charge on any atom is -0.385 e. The molecule has 112 valence electrons. The van der Waals surface area contributed by atoms with Crippen molar-refractivity contribution in [3.05, 3.63) is 42.1 Å². The molecule has 0 aliphatic heterocycles. The molecule has 0 saturated heterocycles. The van der Waals surface area contributed by atoms with E-state index < -0.39 is 0 Å². The van der Waals surface area contributed by atoms with Crippen molar-refractivity contribution in [1.82, 2.24) is 9.97 Å². The average molecular weight is 286 g/mol. The van der Waals surface area contributed by atoms with Gasteiger partial charge in [-0.2, -0.15) is 4.98 Å². The Hall–Kier alpha value is -2.14. The van der Waals surface area contributed by atoms with E-state index in [0.717, 1.165) is 37.5 Å². The number of methoxy groups -OCH3 is 1. The zero-order chi connectivity index (χ0) is 14.9. The Bertz CT molecular complexity index is 542. The average Bonchev–Trinajstić information content (AvgIpc) is 2.53. The molecule has 0 fully saturated rings. The van der Waals surface area contributed by atoms with Crippen LogP contribution in [0.5, 0.6) is 0 Å². The molecule has 1 aromatic heterocycles. The Balaban J connectivity index is 1.93. The monoisotopic (exact) mass is 286 g/mol. The summed E-state index contributed by atoms with van der Waals surface area (Å²) in [5.74, 6) is 1.41. The minimum absolute atomic E-state index is 0.594. The third-order valence-corrected chi connectivity index (χ3v) is 3.11. The third-order valence-electron chi connectivity index (χ3n) is 3.11. The first-order valence-corrected chi connectivity index (χ1v) is 7.23. The Kier molecular flexibility index (Phi) is 5.97. The molecule has 0 atom stereocenters. The van der Waals surface area contributed by atoms with Gasteiger partial charge in [0.25, 0.3) is 0 Å². The number of aromatic nitrogens is 2. The highest BCUT2D eigenvalue weighted by molar-refractivity contribution is 5.55. The van der Waals surface area contributed by atoms with E-state index in [9.17, 15) is 0 Å². The highest BCUT2D eigenvalue weighted by Gasteiger charge is 2.00. The van der Waals surface area contributed by atoms with Gasteiger partial charge >= 0.3 is 0 Å². The minimum atomic E-state index is 0.594. The molecule has 1 heterocycles. The van der Waals surface area contributed by atoms with Crippen molar-refractivity contribution in [1.29, 1.82) is 0 Å². The normalized spacial score (nSPS) is 10.4. The van der Waals surface area contributed by atoms with Crippen LogP contribution < -0.4 is 10.6 Å². The molecule has 2 N–H and O–H groups in total. The van der Waals surface area contributed by atoms with Crippen molar-refractivity contribution in [3.8, 4) is 0 Å². The van der Waals surface area contributed by atoms with E-state index >= 15 is 0 Å². The van der Waals surface area contributed by atoms with Crippen LogP contribution in [0.2, 0.25) is 0 Å². The Labute approximate surface area is 125 Å². The first-order valence-electron chi connectivity index (χ1n) is 7.23. The fourth-order valence-electron chi connectivity index (χ4n) is 1.90. The quantitative estimate of drug-likeness (QED) is 0.730. The molecule has 0 amide bonds. The van der Waals surface area contributed by atoms with Crippen molar-refractivity contribution in [2.75, 3.05) is 30.9 Å². The molecule has 2 aromatic rings. The van der Waals surface area contributed by atoms with Gasteiger partial charge < -0.3 is 15.4 Å². The van der Waals surface area contributed by atoms with Crippen LogP contribution in [0.1, 0.15) is 18.9 Å². The lowest BCUT2D eigenvalue weighted by Crippen LogP contribution is -2.07. The van der Waals surface area contributed by atoms with Crippen LogP contribution in [0.25, 0.3) is 0 Å². The van der Waals surface area contributed by atoms with Gasteiger partial charge in [-0.1, -0.05) is 19.1 Å². The molecular formula is C16H22N4O. The molecule has 0 radical (unpaired) electrons. The summed E-state index contributed by atoms with van der Waals surface area (Å²) in [6.07, 6.45) is 3.73. The molecule has 0 saturated carbocycles. The summed E-state index contributed by atoms with van der Waals surface area (Å²) >= 11 is 0. The maximum Gasteiger partial charge on any atom is 0.229 e. The summed E-state index contributed by atoms with van der Waals surface area (Å²) in [6.45, 7) is 3.72. The number of ether oxygens (including phenoxy) is 1. The summed E-state index contributed by atoms with van der Waals surface area (Å²) < 4.78 is 5.02. The van der Waals surface area contributed by atoms with E-state index in [1.54, 1.807) is 13.3 Å². The first kappa shape index (κ1) is 15.3. The van der Waals surface area contributed by atoms with Gasteiger partial charge in [0.1, 0.15) is 5.82 Å². The summed E-state index contributed by atoms with van der Waals surface area (Å²) in [5, 5.41) is 6.46. The lowest BCUT2D eigenvalue weighted by Gasteiger charge is -2.08. The number of hydrogen-bond acceptors (Lipinski definition) is 5. The maximum absolute atomic E-state index is 5.02. The fraction of sp³-hybridized carbons (Fsp3) is 0.375. The van der Waals surface area contributed by atoms with Gasteiger partial charge in [-0.15, -0.1) is 0 Å². The maximum atomic E-state index is 5.02. The molecule has 5 heteroatoms. The van der Waals surface area contributed by atoms with E-state index in [0.29, 0.717) is 5.95 Å². The van der Waals surface area contributed by atoms with Crippen molar-refractivity contribution >= 4 is 17.5 Å². The zero-order valence-corrected chi connectivity index (χ0v) is 12.6. The molecule has 0 unspecified atom stereocenters. The standard InChI is InChI=1S/C16H22N4O/c1-3-13-5-7-14(8-6-13)19-16-18-11-9-15(20-16)17-10-4-12-21-2/h5-9,11H,3-4,10,12H2,1-2H3,(H2,17,18,19,20). The number of anilines is 3. The van der Waals surface area contributed by atoms with Crippen LogP contribution in [0, 0.1) is 0 Å². The van der Waals surface area contributed by atoms with Crippen LogP contribution in [0.15, 0.2) is 36.5 Å². The highest BCUT2D eigenvalue weighted by Crippen LogP contribution is 2.15. The number of aryl methyl sites for hydroxylation is 1. The van der Waals surface area contributed by atoms with Crippen molar-refractivity contribution in [2.45, 2.75) is 19.8 Å².